The monoisotopic (exact) mass is 200 g/mol. The Morgan fingerprint density at radius 3 is 1.64 bits per heavy atom. The lowest BCUT2D eigenvalue weighted by atomic mass is 10.8. The summed E-state index contributed by atoms with van der Waals surface area (Å²) in [6.45, 7) is 3.84. The van der Waals surface area contributed by atoms with E-state index in [1.807, 2.05) is 0 Å². The van der Waals surface area contributed by atoms with E-state index in [-0.39, 0.29) is 13.2 Å². The van der Waals surface area contributed by atoms with Gasteiger partial charge in [-0.05, 0) is 13.8 Å². The Hall–Kier alpha value is -1.72. The van der Waals surface area contributed by atoms with Crippen molar-refractivity contribution in [2.24, 2.45) is 9.98 Å². The third-order valence-electron chi connectivity index (χ3n) is 0.962. The predicted molar refractivity (Wildman–Crippen MR) is 51.0 cm³/mol. The van der Waals surface area contributed by atoms with E-state index in [1.54, 1.807) is 13.8 Å². The second-order valence-electron chi connectivity index (χ2n) is 1.95. The van der Waals surface area contributed by atoms with E-state index >= 15 is 0 Å². The van der Waals surface area contributed by atoms with Crippen LogP contribution < -0.4 is 0 Å². The largest absolute Gasteiger partial charge is 0.448 e. The first-order valence-corrected chi connectivity index (χ1v) is 4.11. The molecule has 0 spiro atoms. The molecule has 6 nitrogen and oxygen atoms in total. The third-order valence-corrected chi connectivity index (χ3v) is 0.962. The quantitative estimate of drug-likeness (QED) is 0.646. The van der Waals surface area contributed by atoms with Crippen molar-refractivity contribution in [2.45, 2.75) is 13.8 Å². The third kappa shape index (κ3) is 6.96. The number of carbonyl (C=O) groups is 2. The minimum atomic E-state index is -0.720. The van der Waals surface area contributed by atoms with Gasteiger partial charge in [0.25, 0.3) is 0 Å². The van der Waals surface area contributed by atoms with E-state index in [1.165, 1.54) is 0 Å². The molecule has 0 radical (unpaired) electrons. The van der Waals surface area contributed by atoms with E-state index < -0.39 is 12.2 Å². The molecule has 14 heavy (non-hydrogen) atoms. The molecule has 0 unspecified atom stereocenters. The molecule has 0 aliphatic rings. The number of carbonyl (C=O) groups excluding carboxylic acids is 2. The maximum absolute atomic E-state index is 10.6. The first-order valence-electron chi connectivity index (χ1n) is 4.11. The lowest BCUT2D eigenvalue weighted by molar-refractivity contribution is 0.162. The summed E-state index contributed by atoms with van der Waals surface area (Å²) in [5.74, 6) is 0. The Balaban J connectivity index is 3.80. The summed E-state index contributed by atoms with van der Waals surface area (Å²) >= 11 is 0. The van der Waals surface area contributed by atoms with Gasteiger partial charge in [-0.2, -0.15) is 9.98 Å². The van der Waals surface area contributed by atoms with Crippen LogP contribution in [-0.4, -0.2) is 37.8 Å². The van der Waals surface area contributed by atoms with E-state index in [4.69, 9.17) is 0 Å². The Morgan fingerprint density at radius 1 is 1.00 bits per heavy atom. The smallest absolute Gasteiger partial charge is 0.433 e. The fourth-order valence-electron chi connectivity index (χ4n) is 0.510. The highest BCUT2D eigenvalue weighted by Crippen LogP contribution is 1.82. The van der Waals surface area contributed by atoms with E-state index in [2.05, 4.69) is 19.5 Å². The molecule has 0 aromatic carbocycles. The minimum Gasteiger partial charge on any atom is -0.448 e. The van der Waals surface area contributed by atoms with Crippen molar-refractivity contribution in [3.8, 4) is 0 Å². The van der Waals surface area contributed by atoms with Gasteiger partial charge in [-0.15, -0.1) is 0 Å². The summed E-state index contributed by atoms with van der Waals surface area (Å²) in [5.41, 5.74) is 0. The number of nitrogens with zero attached hydrogens (tertiary/aromatic N) is 2. The van der Waals surface area contributed by atoms with Crippen LogP contribution in [0.15, 0.2) is 9.98 Å². The lowest BCUT2D eigenvalue weighted by Crippen LogP contribution is -2.00. The summed E-state index contributed by atoms with van der Waals surface area (Å²) in [6.07, 6.45) is 0.690. The first-order chi connectivity index (χ1) is 6.70. The molecule has 0 aromatic rings. The zero-order chi connectivity index (χ0) is 10.8. The molecule has 78 valence electrons. The van der Waals surface area contributed by atoms with Gasteiger partial charge in [0.15, 0.2) is 0 Å². The average Bonchev–Trinajstić information content (AvgIpc) is 2.13. The van der Waals surface area contributed by atoms with E-state index in [0.29, 0.717) is 0 Å². The predicted octanol–water partition coefficient (Wildman–Crippen LogP) is 1.44. The van der Waals surface area contributed by atoms with Gasteiger partial charge in [0, 0.05) is 0 Å². The van der Waals surface area contributed by atoms with E-state index in [9.17, 15) is 9.59 Å². The fraction of sp³-hybridized carbons (Fsp3) is 0.500. The molecule has 0 aliphatic heterocycles. The summed E-state index contributed by atoms with van der Waals surface area (Å²) < 4.78 is 8.96. The summed E-state index contributed by atoms with van der Waals surface area (Å²) in [7, 11) is 0. The molecule has 0 saturated carbocycles. The Morgan fingerprint density at radius 2 is 1.36 bits per heavy atom. The van der Waals surface area contributed by atoms with Gasteiger partial charge in [-0.1, -0.05) is 0 Å². The van der Waals surface area contributed by atoms with Crippen molar-refractivity contribution in [3.05, 3.63) is 0 Å². The zero-order valence-electron chi connectivity index (χ0n) is 8.10. The summed E-state index contributed by atoms with van der Waals surface area (Å²) in [5, 5.41) is 0. The molecule has 0 fully saturated rings. The van der Waals surface area contributed by atoms with Crippen molar-refractivity contribution in [2.75, 3.05) is 13.2 Å². The topological polar surface area (TPSA) is 77.3 Å². The molecular weight excluding hydrogens is 188 g/mol. The average molecular weight is 200 g/mol. The van der Waals surface area contributed by atoms with Crippen LogP contribution in [0.3, 0.4) is 0 Å². The Labute approximate surface area is 81.6 Å². The molecule has 0 aliphatic carbocycles. The highest BCUT2D eigenvalue weighted by molar-refractivity contribution is 6.20. The van der Waals surface area contributed by atoms with Crippen molar-refractivity contribution >= 4 is 24.6 Å². The van der Waals surface area contributed by atoms with Gasteiger partial charge in [-0.3, -0.25) is 0 Å². The summed E-state index contributed by atoms with van der Waals surface area (Å²) in [6, 6.07) is 0. The zero-order valence-corrected chi connectivity index (χ0v) is 8.10. The first kappa shape index (κ1) is 12.3. The van der Waals surface area contributed by atoms with Crippen molar-refractivity contribution in [1.82, 2.24) is 0 Å². The molecule has 0 saturated heterocycles. The Bertz CT molecular complexity index is 222. The Kier molecular flexibility index (Phi) is 6.93. The molecule has 0 heterocycles. The minimum absolute atomic E-state index is 0.255. The van der Waals surface area contributed by atoms with Gasteiger partial charge in [0.2, 0.25) is 0 Å². The van der Waals surface area contributed by atoms with Crippen LogP contribution in [0.5, 0.6) is 0 Å². The van der Waals surface area contributed by atoms with Crippen LogP contribution in [0.1, 0.15) is 13.8 Å². The number of hydrogen-bond acceptors (Lipinski definition) is 4. The number of aliphatic imine (C=N–C) groups is 2. The molecule has 2 amide bonds. The van der Waals surface area contributed by atoms with Crippen LogP contribution >= 0.6 is 0 Å². The number of amides is 2. The van der Waals surface area contributed by atoms with Crippen LogP contribution in [0.4, 0.5) is 9.59 Å². The van der Waals surface area contributed by atoms with Crippen LogP contribution in [0.25, 0.3) is 0 Å². The number of hydrogen-bond donors (Lipinski definition) is 0. The van der Waals surface area contributed by atoms with Gasteiger partial charge in [0.1, 0.15) is 0 Å². The molecule has 0 N–H and O–H groups in total. The van der Waals surface area contributed by atoms with Gasteiger partial charge >= 0.3 is 12.2 Å². The maximum atomic E-state index is 10.6. The molecule has 0 aromatic heterocycles. The second kappa shape index (κ2) is 7.90. The normalized spacial score (nSPS) is 10.7. The van der Waals surface area contributed by atoms with Crippen LogP contribution in [0.2, 0.25) is 0 Å². The van der Waals surface area contributed by atoms with Gasteiger partial charge in [0.05, 0.1) is 25.6 Å². The highest BCUT2D eigenvalue weighted by Gasteiger charge is 1.94. The molecular formula is C8H12N2O4. The van der Waals surface area contributed by atoms with Gasteiger partial charge < -0.3 is 9.47 Å². The van der Waals surface area contributed by atoms with Gasteiger partial charge in [-0.25, -0.2) is 9.59 Å². The second-order valence-corrected chi connectivity index (χ2v) is 1.95. The van der Waals surface area contributed by atoms with Crippen molar-refractivity contribution < 1.29 is 19.1 Å². The summed E-state index contributed by atoms with van der Waals surface area (Å²) in [4.78, 5) is 27.8. The standard InChI is InChI=1S/C8H12N2O4/c1-3-13-7(11)9-5-6-10-8(12)14-4-2/h5-6H,3-4H2,1-2H3/b9-5+,10-6+. The SMILES string of the molecule is CCOC(=O)/N=C/C=N/C(=O)OCC. The maximum Gasteiger partial charge on any atom is 0.433 e. The van der Waals surface area contributed by atoms with E-state index in [0.717, 1.165) is 12.4 Å². The fourth-order valence-corrected chi connectivity index (χ4v) is 0.510. The molecule has 0 bridgehead atoms. The molecule has 0 atom stereocenters. The number of rotatable bonds is 3. The number of ether oxygens (including phenoxy) is 2. The van der Waals surface area contributed by atoms with Crippen LogP contribution in [0, 0.1) is 0 Å². The van der Waals surface area contributed by atoms with Crippen molar-refractivity contribution in [3.63, 3.8) is 0 Å². The van der Waals surface area contributed by atoms with Crippen molar-refractivity contribution in [1.29, 1.82) is 0 Å². The van der Waals surface area contributed by atoms with Crippen LogP contribution in [-0.2, 0) is 9.47 Å². The highest BCUT2D eigenvalue weighted by atomic mass is 16.5. The molecule has 6 heteroatoms. The lowest BCUT2D eigenvalue weighted by Gasteiger charge is -1.92. The molecule has 0 rings (SSSR count).